The fourth-order valence-electron chi connectivity index (χ4n) is 1.45. The lowest BCUT2D eigenvalue weighted by Crippen LogP contribution is -1.97. The van der Waals surface area contributed by atoms with Gasteiger partial charge in [-0.1, -0.05) is 16.8 Å². The molecule has 0 unspecified atom stereocenters. The van der Waals surface area contributed by atoms with E-state index in [1.807, 2.05) is 12.1 Å². The molecule has 18 heavy (non-hydrogen) atoms. The number of aromatic nitrogens is 1. The Morgan fingerprint density at radius 2 is 2.11 bits per heavy atom. The van der Waals surface area contributed by atoms with Gasteiger partial charge in [-0.25, -0.2) is 0 Å². The number of carbonyl (C=O) groups is 1. The zero-order valence-corrected chi connectivity index (χ0v) is 11.6. The molecular weight excluding hydrogens is 321 g/mol. The van der Waals surface area contributed by atoms with Gasteiger partial charge in [0, 0.05) is 17.0 Å². The molecule has 0 aliphatic carbocycles. The minimum absolute atomic E-state index is 0.273. The first kappa shape index (κ1) is 13.1. The lowest BCUT2D eigenvalue weighted by molar-refractivity contribution is -0.128. The van der Waals surface area contributed by atoms with Crippen LogP contribution >= 0.6 is 27.5 Å². The number of ether oxygens (including phenoxy) is 1. The third-order valence-corrected chi connectivity index (χ3v) is 3.40. The Balaban J connectivity index is 2.19. The maximum atomic E-state index is 10.0. The molecule has 0 radical (unpaired) electrons. The minimum Gasteiger partial charge on any atom is -0.467 e. The summed E-state index contributed by atoms with van der Waals surface area (Å²) in [5.41, 5.74) is 1.59. The predicted octanol–water partition coefficient (Wildman–Crippen LogP) is 3.47. The highest BCUT2D eigenvalue weighted by molar-refractivity contribution is 9.10. The standard InChI is InChI=1S/C12H9BrClNO3/c13-11-10(5-6-17-7-16)15-18-12(11)8-1-3-9(14)4-2-8/h1-4,7H,5-6H2. The molecule has 2 rings (SSSR count). The Hall–Kier alpha value is -1.33. The summed E-state index contributed by atoms with van der Waals surface area (Å²) < 4.78 is 10.7. The zero-order chi connectivity index (χ0) is 13.0. The van der Waals surface area contributed by atoms with Gasteiger partial charge in [0.1, 0.15) is 5.69 Å². The molecular formula is C12H9BrClNO3. The van der Waals surface area contributed by atoms with Gasteiger partial charge in [0.25, 0.3) is 6.47 Å². The molecule has 0 saturated carbocycles. The van der Waals surface area contributed by atoms with Crippen LogP contribution in [0.15, 0.2) is 33.3 Å². The molecule has 0 amide bonds. The van der Waals surface area contributed by atoms with Gasteiger partial charge in [-0.15, -0.1) is 0 Å². The summed E-state index contributed by atoms with van der Waals surface area (Å²) in [5, 5.41) is 4.60. The summed E-state index contributed by atoms with van der Waals surface area (Å²) in [6, 6.07) is 7.25. The highest BCUT2D eigenvalue weighted by Crippen LogP contribution is 2.31. The molecule has 1 heterocycles. The van der Waals surface area contributed by atoms with E-state index in [2.05, 4.69) is 25.8 Å². The Morgan fingerprint density at radius 3 is 2.78 bits per heavy atom. The number of hydrogen-bond donors (Lipinski definition) is 0. The molecule has 0 atom stereocenters. The van der Waals surface area contributed by atoms with E-state index < -0.39 is 0 Å². The number of hydrogen-bond acceptors (Lipinski definition) is 4. The number of halogens is 2. The van der Waals surface area contributed by atoms with Crippen molar-refractivity contribution < 1.29 is 14.1 Å². The Labute approximate surface area is 117 Å². The molecule has 4 nitrogen and oxygen atoms in total. The van der Waals surface area contributed by atoms with Crippen LogP contribution in [0.25, 0.3) is 11.3 Å². The quantitative estimate of drug-likeness (QED) is 0.622. The minimum atomic E-state index is 0.273. The van der Waals surface area contributed by atoms with Crippen molar-refractivity contribution >= 4 is 34.0 Å². The fourth-order valence-corrected chi connectivity index (χ4v) is 2.15. The van der Waals surface area contributed by atoms with Crippen molar-refractivity contribution in [3.8, 4) is 11.3 Å². The van der Waals surface area contributed by atoms with Crippen molar-refractivity contribution in [1.82, 2.24) is 5.16 Å². The first-order chi connectivity index (χ1) is 8.72. The SMILES string of the molecule is O=COCCc1noc(-c2ccc(Cl)cc2)c1Br. The van der Waals surface area contributed by atoms with Crippen LogP contribution < -0.4 is 0 Å². The van der Waals surface area contributed by atoms with Crippen molar-refractivity contribution in [2.45, 2.75) is 6.42 Å². The van der Waals surface area contributed by atoms with E-state index in [1.165, 1.54) is 0 Å². The van der Waals surface area contributed by atoms with Crippen LogP contribution in [0.2, 0.25) is 5.02 Å². The van der Waals surface area contributed by atoms with Crippen LogP contribution in [0.4, 0.5) is 0 Å². The lowest BCUT2D eigenvalue weighted by atomic mass is 10.1. The molecule has 0 spiro atoms. The first-order valence-electron chi connectivity index (χ1n) is 5.17. The monoisotopic (exact) mass is 329 g/mol. The predicted molar refractivity (Wildman–Crippen MR) is 70.4 cm³/mol. The Bertz CT molecular complexity index is 539. The fraction of sp³-hybridized carbons (Fsp3) is 0.167. The van der Waals surface area contributed by atoms with Crippen molar-refractivity contribution in [3.63, 3.8) is 0 Å². The van der Waals surface area contributed by atoms with Gasteiger partial charge in [-0.05, 0) is 40.2 Å². The van der Waals surface area contributed by atoms with E-state index in [1.54, 1.807) is 12.1 Å². The summed E-state index contributed by atoms with van der Waals surface area (Å²) in [5.74, 6) is 0.632. The summed E-state index contributed by atoms with van der Waals surface area (Å²) in [4.78, 5) is 10.0. The molecule has 0 aliphatic heterocycles. The highest BCUT2D eigenvalue weighted by atomic mass is 79.9. The van der Waals surface area contributed by atoms with Crippen molar-refractivity contribution in [2.24, 2.45) is 0 Å². The number of carbonyl (C=O) groups excluding carboxylic acids is 1. The topological polar surface area (TPSA) is 52.3 Å². The van der Waals surface area contributed by atoms with Gasteiger partial charge in [-0.2, -0.15) is 0 Å². The second-order valence-corrected chi connectivity index (χ2v) is 4.73. The maximum Gasteiger partial charge on any atom is 0.293 e. The van der Waals surface area contributed by atoms with Gasteiger partial charge in [-0.3, -0.25) is 4.79 Å². The van der Waals surface area contributed by atoms with Crippen molar-refractivity contribution in [1.29, 1.82) is 0 Å². The molecule has 6 heteroatoms. The van der Waals surface area contributed by atoms with E-state index in [0.29, 0.717) is 29.4 Å². The first-order valence-corrected chi connectivity index (χ1v) is 6.34. The Morgan fingerprint density at radius 1 is 1.39 bits per heavy atom. The van der Waals surface area contributed by atoms with Gasteiger partial charge in [0.05, 0.1) is 11.1 Å². The smallest absolute Gasteiger partial charge is 0.293 e. The van der Waals surface area contributed by atoms with E-state index in [0.717, 1.165) is 10.0 Å². The second-order valence-electron chi connectivity index (χ2n) is 3.50. The van der Waals surface area contributed by atoms with Gasteiger partial charge < -0.3 is 9.26 Å². The van der Waals surface area contributed by atoms with Crippen LogP contribution in [0.5, 0.6) is 0 Å². The molecule has 0 fully saturated rings. The highest BCUT2D eigenvalue weighted by Gasteiger charge is 2.15. The Kier molecular flexibility index (Phi) is 4.38. The van der Waals surface area contributed by atoms with Crippen LogP contribution in [-0.2, 0) is 16.0 Å². The van der Waals surface area contributed by atoms with Crippen LogP contribution in [0, 0.1) is 0 Å². The van der Waals surface area contributed by atoms with E-state index >= 15 is 0 Å². The summed E-state index contributed by atoms with van der Waals surface area (Å²) in [6.45, 7) is 0.683. The average molecular weight is 331 g/mol. The molecule has 1 aromatic carbocycles. The molecule has 0 bridgehead atoms. The molecule has 0 N–H and O–H groups in total. The van der Waals surface area contributed by atoms with Crippen LogP contribution in [-0.4, -0.2) is 18.2 Å². The van der Waals surface area contributed by atoms with Crippen molar-refractivity contribution in [3.05, 3.63) is 39.5 Å². The average Bonchev–Trinajstić information content (AvgIpc) is 2.73. The molecule has 94 valence electrons. The number of nitrogens with zero attached hydrogens (tertiary/aromatic N) is 1. The third-order valence-electron chi connectivity index (χ3n) is 2.33. The van der Waals surface area contributed by atoms with Crippen LogP contribution in [0.3, 0.4) is 0 Å². The number of rotatable bonds is 5. The van der Waals surface area contributed by atoms with Crippen LogP contribution in [0.1, 0.15) is 5.69 Å². The third kappa shape index (κ3) is 2.91. The van der Waals surface area contributed by atoms with E-state index in [9.17, 15) is 4.79 Å². The van der Waals surface area contributed by atoms with Gasteiger partial charge >= 0.3 is 0 Å². The maximum absolute atomic E-state index is 10.0. The van der Waals surface area contributed by atoms with Crippen molar-refractivity contribution in [2.75, 3.05) is 6.61 Å². The summed E-state index contributed by atoms with van der Waals surface area (Å²) in [7, 11) is 0. The second kappa shape index (κ2) is 6.02. The molecule has 2 aromatic rings. The lowest BCUT2D eigenvalue weighted by Gasteiger charge is -1.97. The largest absolute Gasteiger partial charge is 0.467 e. The van der Waals surface area contributed by atoms with E-state index in [4.69, 9.17) is 16.1 Å². The molecule has 0 saturated heterocycles. The summed E-state index contributed by atoms with van der Waals surface area (Å²) in [6.07, 6.45) is 0.496. The van der Waals surface area contributed by atoms with Gasteiger partial charge in [0.15, 0.2) is 5.76 Å². The molecule has 1 aromatic heterocycles. The normalized spacial score (nSPS) is 10.3. The van der Waals surface area contributed by atoms with Gasteiger partial charge in [0.2, 0.25) is 0 Å². The summed E-state index contributed by atoms with van der Waals surface area (Å²) >= 11 is 9.25. The number of benzene rings is 1. The zero-order valence-electron chi connectivity index (χ0n) is 9.23. The molecule has 0 aliphatic rings. The van der Waals surface area contributed by atoms with E-state index in [-0.39, 0.29) is 6.61 Å².